The molecule has 1 fully saturated rings. The van der Waals surface area contributed by atoms with E-state index in [9.17, 15) is 4.79 Å². The molecular formula is C23H24N6O3S. The van der Waals surface area contributed by atoms with E-state index >= 15 is 0 Å². The van der Waals surface area contributed by atoms with E-state index in [4.69, 9.17) is 19.4 Å². The molecule has 0 unspecified atom stereocenters. The number of rotatable bonds is 7. The predicted octanol–water partition coefficient (Wildman–Crippen LogP) is 2.85. The van der Waals surface area contributed by atoms with Gasteiger partial charge in [-0.1, -0.05) is 12.1 Å². The van der Waals surface area contributed by atoms with Gasteiger partial charge in [0.1, 0.15) is 0 Å². The van der Waals surface area contributed by atoms with Gasteiger partial charge in [-0.3, -0.25) is 9.89 Å². The number of aromatic amines is 1. The van der Waals surface area contributed by atoms with Gasteiger partial charge in [-0.15, -0.1) is 11.3 Å². The molecule has 1 aliphatic heterocycles. The number of anilines is 1. The lowest BCUT2D eigenvalue weighted by molar-refractivity contribution is -0.116. The molecule has 0 atom stereocenters. The lowest BCUT2D eigenvalue weighted by Gasteiger charge is -2.28. The maximum Gasteiger partial charge on any atom is 0.244 e. The Bertz CT molecular complexity index is 1310. The fourth-order valence-electron chi connectivity index (χ4n) is 3.78. The average Bonchev–Trinajstić information content (AvgIpc) is 3.49. The second-order valence-electron chi connectivity index (χ2n) is 7.59. The Labute approximate surface area is 194 Å². The van der Waals surface area contributed by atoms with Crippen LogP contribution in [0, 0.1) is 0 Å². The van der Waals surface area contributed by atoms with E-state index < -0.39 is 0 Å². The minimum Gasteiger partial charge on any atom is -0.383 e. The number of carbonyl (C=O) groups excluding carboxylic acids is 1. The number of ether oxygens (including phenoxy) is 2. The van der Waals surface area contributed by atoms with Gasteiger partial charge in [-0.2, -0.15) is 5.10 Å². The number of thiophene rings is 1. The molecule has 4 heterocycles. The molecule has 1 amide bonds. The van der Waals surface area contributed by atoms with E-state index in [0.29, 0.717) is 32.2 Å². The number of methoxy groups -OCH3 is 1. The number of nitrogens with zero attached hydrogens (tertiary/aromatic N) is 4. The van der Waals surface area contributed by atoms with Crippen molar-refractivity contribution in [3.63, 3.8) is 0 Å². The van der Waals surface area contributed by atoms with Crippen LogP contribution in [-0.4, -0.2) is 72.6 Å². The van der Waals surface area contributed by atoms with Gasteiger partial charge in [-0.05, 0) is 18.2 Å². The van der Waals surface area contributed by atoms with Crippen LogP contribution in [0.25, 0.3) is 38.6 Å². The molecule has 1 saturated heterocycles. The Kier molecular flexibility index (Phi) is 6.29. The Morgan fingerprint density at radius 3 is 3.06 bits per heavy atom. The van der Waals surface area contributed by atoms with Crippen LogP contribution in [-0.2, 0) is 14.3 Å². The number of morpholine rings is 1. The lowest BCUT2D eigenvalue weighted by atomic mass is 10.1. The number of fused-ring (bicyclic) bond motifs is 2. The Balaban J connectivity index is 1.54. The third-order valence-electron chi connectivity index (χ3n) is 5.41. The SMILES string of the molecule is COCCNC(=O)/C=C/c1cc2nc(-c3cccc4[nH]ncc34)nc(N3CCOCC3)c2s1. The number of hydrogen-bond donors (Lipinski definition) is 2. The highest BCUT2D eigenvalue weighted by atomic mass is 32.1. The highest BCUT2D eigenvalue weighted by Gasteiger charge is 2.20. The van der Waals surface area contributed by atoms with Crippen LogP contribution >= 0.6 is 11.3 Å². The fraction of sp³-hybridized carbons (Fsp3) is 0.304. The zero-order valence-electron chi connectivity index (χ0n) is 18.2. The summed E-state index contributed by atoms with van der Waals surface area (Å²) in [6.45, 7) is 3.82. The molecule has 10 heteroatoms. The van der Waals surface area contributed by atoms with E-state index in [1.807, 2.05) is 30.3 Å². The Morgan fingerprint density at radius 2 is 2.21 bits per heavy atom. The number of amides is 1. The third-order valence-corrected chi connectivity index (χ3v) is 6.50. The van der Waals surface area contributed by atoms with Crippen LogP contribution in [0.15, 0.2) is 36.5 Å². The molecule has 0 saturated carbocycles. The average molecular weight is 465 g/mol. The molecule has 0 aliphatic carbocycles. The van der Waals surface area contributed by atoms with Gasteiger partial charge in [0.05, 0.1) is 41.8 Å². The number of benzene rings is 1. The number of nitrogens with one attached hydrogen (secondary N) is 2. The molecule has 0 radical (unpaired) electrons. The lowest BCUT2D eigenvalue weighted by Crippen LogP contribution is -2.36. The minimum atomic E-state index is -0.156. The van der Waals surface area contributed by atoms with Gasteiger partial charge in [0.25, 0.3) is 0 Å². The summed E-state index contributed by atoms with van der Waals surface area (Å²) in [5.74, 6) is 1.39. The van der Waals surface area contributed by atoms with Crippen molar-refractivity contribution in [2.75, 3.05) is 51.5 Å². The topological polar surface area (TPSA) is 105 Å². The first kappa shape index (κ1) is 21.5. The van der Waals surface area contributed by atoms with Crippen molar-refractivity contribution in [3.05, 3.63) is 41.4 Å². The van der Waals surface area contributed by atoms with Crippen LogP contribution in [0.1, 0.15) is 4.88 Å². The van der Waals surface area contributed by atoms with Crippen molar-refractivity contribution in [1.82, 2.24) is 25.5 Å². The van der Waals surface area contributed by atoms with E-state index in [0.717, 1.165) is 50.5 Å². The van der Waals surface area contributed by atoms with Crippen molar-refractivity contribution < 1.29 is 14.3 Å². The fourth-order valence-corrected chi connectivity index (χ4v) is 4.80. The molecule has 2 N–H and O–H groups in total. The third kappa shape index (κ3) is 4.58. The van der Waals surface area contributed by atoms with Crippen LogP contribution in [0.3, 0.4) is 0 Å². The summed E-state index contributed by atoms with van der Waals surface area (Å²) in [5.41, 5.74) is 2.72. The maximum atomic E-state index is 12.1. The molecular weight excluding hydrogens is 440 g/mol. The number of H-pyrrole nitrogens is 1. The highest BCUT2D eigenvalue weighted by Crippen LogP contribution is 2.36. The van der Waals surface area contributed by atoms with Crippen molar-refractivity contribution >= 4 is 50.3 Å². The summed E-state index contributed by atoms with van der Waals surface area (Å²) in [4.78, 5) is 25.1. The summed E-state index contributed by atoms with van der Waals surface area (Å²) in [7, 11) is 1.60. The van der Waals surface area contributed by atoms with Gasteiger partial charge >= 0.3 is 0 Å². The van der Waals surface area contributed by atoms with Crippen LogP contribution < -0.4 is 10.2 Å². The molecule has 1 aromatic carbocycles. The summed E-state index contributed by atoms with van der Waals surface area (Å²) >= 11 is 1.58. The molecule has 1 aliphatic rings. The Morgan fingerprint density at radius 1 is 1.33 bits per heavy atom. The van der Waals surface area contributed by atoms with Crippen molar-refractivity contribution in [3.8, 4) is 11.4 Å². The molecule has 4 aromatic rings. The predicted molar refractivity (Wildman–Crippen MR) is 129 cm³/mol. The first-order valence-corrected chi connectivity index (χ1v) is 11.6. The van der Waals surface area contributed by atoms with E-state index in [1.54, 1.807) is 24.6 Å². The summed E-state index contributed by atoms with van der Waals surface area (Å²) in [6, 6.07) is 7.98. The van der Waals surface area contributed by atoms with Gasteiger partial charge in [0.2, 0.25) is 5.91 Å². The molecule has 3 aromatic heterocycles. The molecule has 5 rings (SSSR count). The number of carbonyl (C=O) groups is 1. The van der Waals surface area contributed by atoms with Crippen LogP contribution in [0.5, 0.6) is 0 Å². The van der Waals surface area contributed by atoms with Crippen LogP contribution in [0.4, 0.5) is 5.82 Å². The summed E-state index contributed by atoms with van der Waals surface area (Å²) < 4.78 is 11.5. The highest BCUT2D eigenvalue weighted by molar-refractivity contribution is 7.20. The molecule has 170 valence electrons. The van der Waals surface area contributed by atoms with Crippen molar-refractivity contribution in [1.29, 1.82) is 0 Å². The summed E-state index contributed by atoms with van der Waals surface area (Å²) in [5, 5.41) is 11.0. The van der Waals surface area contributed by atoms with E-state index in [-0.39, 0.29) is 5.91 Å². The quantitative estimate of drug-likeness (QED) is 0.320. The Hall–Kier alpha value is -3.34. The minimum absolute atomic E-state index is 0.156. The molecule has 0 spiro atoms. The van der Waals surface area contributed by atoms with Gasteiger partial charge in [0, 0.05) is 48.6 Å². The zero-order valence-corrected chi connectivity index (χ0v) is 19.0. The van der Waals surface area contributed by atoms with E-state index in [2.05, 4.69) is 20.4 Å². The molecule has 0 bridgehead atoms. The zero-order chi connectivity index (χ0) is 22.6. The molecule has 33 heavy (non-hydrogen) atoms. The number of hydrogen-bond acceptors (Lipinski definition) is 8. The monoisotopic (exact) mass is 464 g/mol. The first-order valence-electron chi connectivity index (χ1n) is 10.7. The summed E-state index contributed by atoms with van der Waals surface area (Å²) in [6.07, 6.45) is 5.15. The molecule has 9 nitrogen and oxygen atoms in total. The standard InChI is InChI=1S/C23H24N6O3S/c1-31-10-7-24-20(30)6-5-15-13-19-21(33-15)23(29-8-11-32-12-9-29)27-22(26-19)16-3-2-4-18-17(16)14-25-28-18/h2-6,13-14H,7-12H2,1H3,(H,24,30)(H,25,28)/b6-5+. The van der Waals surface area contributed by atoms with Gasteiger partial charge in [-0.25, -0.2) is 9.97 Å². The normalized spacial score (nSPS) is 14.5. The first-order chi connectivity index (χ1) is 16.2. The van der Waals surface area contributed by atoms with E-state index in [1.165, 1.54) is 6.08 Å². The number of aromatic nitrogens is 4. The van der Waals surface area contributed by atoms with Gasteiger partial charge < -0.3 is 19.7 Å². The second-order valence-corrected chi connectivity index (χ2v) is 8.67. The smallest absolute Gasteiger partial charge is 0.244 e. The van der Waals surface area contributed by atoms with Crippen LogP contribution in [0.2, 0.25) is 0 Å². The van der Waals surface area contributed by atoms with Gasteiger partial charge in [0.15, 0.2) is 11.6 Å². The van der Waals surface area contributed by atoms with Crippen molar-refractivity contribution in [2.24, 2.45) is 0 Å². The maximum absolute atomic E-state index is 12.1. The largest absolute Gasteiger partial charge is 0.383 e. The van der Waals surface area contributed by atoms with Crippen molar-refractivity contribution in [2.45, 2.75) is 0 Å². The second kappa shape index (κ2) is 9.65.